The van der Waals surface area contributed by atoms with Crippen LogP contribution in [0.4, 0.5) is 5.69 Å². The van der Waals surface area contributed by atoms with Crippen molar-refractivity contribution in [3.8, 4) is 0 Å². The van der Waals surface area contributed by atoms with Gasteiger partial charge in [0.25, 0.3) is 5.91 Å². The summed E-state index contributed by atoms with van der Waals surface area (Å²) in [5.74, 6) is -0.0505. The summed E-state index contributed by atoms with van der Waals surface area (Å²) < 4.78 is 5.60. The molecule has 2 amide bonds. The Bertz CT molecular complexity index is 1030. The van der Waals surface area contributed by atoms with Crippen LogP contribution in [0, 0.1) is 13.8 Å². The van der Waals surface area contributed by atoms with Gasteiger partial charge in [0.1, 0.15) is 5.58 Å². The first-order valence-electron chi connectivity index (χ1n) is 9.68. The summed E-state index contributed by atoms with van der Waals surface area (Å²) in [6.07, 6.45) is 4.04. The molecule has 28 heavy (non-hydrogen) atoms. The molecule has 1 saturated heterocycles. The number of fused-ring (bicyclic) bond motifs is 1. The number of aryl methyl sites for hydroxylation is 2. The maximum atomic E-state index is 12.5. The highest BCUT2D eigenvalue weighted by molar-refractivity contribution is 5.97. The van der Waals surface area contributed by atoms with Crippen molar-refractivity contribution in [3.63, 3.8) is 0 Å². The van der Waals surface area contributed by atoms with Crippen LogP contribution < -0.4 is 5.32 Å². The molecule has 0 bridgehead atoms. The fraction of sp³-hybridized carbons (Fsp3) is 0.304. The molecule has 2 heterocycles. The Balaban J connectivity index is 1.42. The van der Waals surface area contributed by atoms with Crippen LogP contribution >= 0.6 is 0 Å². The lowest BCUT2D eigenvalue weighted by Crippen LogP contribution is -2.27. The average Bonchev–Trinajstić information content (AvgIpc) is 3.33. The summed E-state index contributed by atoms with van der Waals surface area (Å²) in [7, 11) is 0. The molecule has 2 aromatic carbocycles. The number of hydrogen-bond acceptors (Lipinski definition) is 3. The number of anilines is 1. The molecule has 0 aliphatic carbocycles. The number of furan rings is 1. The lowest BCUT2D eigenvalue weighted by Gasteiger charge is -2.15. The lowest BCUT2D eigenvalue weighted by atomic mass is 10.0. The van der Waals surface area contributed by atoms with Crippen molar-refractivity contribution in [1.82, 2.24) is 4.90 Å². The zero-order valence-electron chi connectivity index (χ0n) is 16.2. The maximum absolute atomic E-state index is 12.5. The van der Waals surface area contributed by atoms with Crippen LogP contribution in [0.1, 0.15) is 39.9 Å². The van der Waals surface area contributed by atoms with Gasteiger partial charge < -0.3 is 14.6 Å². The largest absolute Gasteiger partial charge is 0.464 e. The molecule has 1 fully saturated rings. The molecule has 0 saturated carbocycles. The minimum absolute atomic E-state index is 0.0610. The fourth-order valence-corrected chi connectivity index (χ4v) is 3.65. The first-order chi connectivity index (χ1) is 13.5. The summed E-state index contributed by atoms with van der Waals surface area (Å²) in [4.78, 5) is 26.7. The summed E-state index contributed by atoms with van der Waals surface area (Å²) in [5.41, 5.74) is 5.36. The predicted octanol–water partition coefficient (Wildman–Crippen LogP) is 4.47. The monoisotopic (exact) mass is 376 g/mol. The van der Waals surface area contributed by atoms with Crippen molar-refractivity contribution < 1.29 is 14.0 Å². The number of likely N-dealkylation sites (tertiary alicyclic amines) is 1. The van der Waals surface area contributed by atoms with Crippen molar-refractivity contribution in [2.75, 3.05) is 18.4 Å². The Hall–Kier alpha value is -3.08. The third-order valence-corrected chi connectivity index (χ3v) is 5.43. The van der Waals surface area contributed by atoms with Crippen LogP contribution in [-0.4, -0.2) is 29.8 Å². The Labute approximate surface area is 164 Å². The van der Waals surface area contributed by atoms with Crippen molar-refractivity contribution in [1.29, 1.82) is 0 Å². The van der Waals surface area contributed by atoms with Crippen molar-refractivity contribution in [2.24, 2.45) is 0 Å². The molecule has 144 valence electrons. The number of rotatable bonds is 4. The van der Waals surface area contributed by atoms with Gasteiger partial charge in [0, 0.05) is 35.3 Å². The first-order valence-corrected chi connectivity index (χ1v) is 9.68. The quantitative estimate of drug-likeness (QED) is 0.731. The van der Waals surface area contributed by atoms with E-state index in [4.69, 9.17) is 4.42 Å². The highest BCUT2D eigenvalue weighted by atomic mass is 16.3. The van der Waals surface area contributed by atoms with Crippen molar-refractivity contribution in [3.05, 3.63) is 64.9 Å². The van der Waals surface area contributed by atoms with E-state index in [2.05, 4.69) is 18.3 Å². The van der Waals surface area contributed by atoms with Crippen molar-refractivity contribution in [2.45, 2.75) is 33.1 Å². The number of hydrogen-bond donors (Lipinski definition) is 1. The van der Waals surface area contributed by atoms with Gasteiger partial charge in [-0.15, -0.1) is 0 Å². The molecule has 1 N–H and O–H groups in total. The second-order valence-corrected chi connectivity index (χ2v) is 7.50. The topological polar surface area (TPSA) is 62.6 Å². The zero-order valence-corrected chi connectivity index (χ0v) is 16.2. The average molecular weight is 376 g/mol. The Morgan fingerprint density at radius 3 is 2.43 bits per heavy atom. The molecular weight excluding hydrogens is 352 g/mol. The van der Waals surface area contributed by atoms with E-state index in [1.807, 2.05) is 17.9 Å². The molecular formula is C23H24N2O3. The zero-order chi connectivity index (χ0) is 19.7. The predicted molar refractivity (Wildman–Crippen MR) is 110 cm³/mol. The summed E-state index contributed by atoms with van der Waals surface area (Å²) in [5, 5.41) is 3.88. The van der Waals surface area contributed by atoms with Gasteiger partial charge in [0.2, 0.25) is 5.91 Å². The molecule has 0 atom stereocenters. The molecule has 5 heteroatoms. The Morgan fingerprint density at radius 1 is 1.04 bits per heavy atom. The standard InChI is InChI=1S/C23H24N2O3/c1-15-11-20-18(14-28-21(20)12-16(15)2)13-22(26)24-19-7-5-17(6-8-19)23(27)25-9-3-4-10-25/h5-8,11-12,14H,3-4,9-10,13H2,1-2H3,(H,24,26). The van der Waals surface area contributed by atoms with E-state index in [0.717, 1.165) is 42.5 Å². The number of benzene rings is 2. The summed E-state index contributed by atoms with van der Waals surface area (Å²) in [6.45, 7) is 5.75. The Morgan fingerprint density at radius 2 is 1.71 bits per heavy atom. The van der Waals surface area contributed by atoms with Crippen LogP contribution in [0.2, 0.25) is 0 Å². The van der Waals surface area contributed by atoms with Gasteiger partial charge in [-0.1, -0.05) is 0 Å². The van der Waals surface area contributed by atoms with Gasteiger partial charge in [0.15, 0.2) is 0 Å². The second-order valence-electron chi connectivity index (χ2n) is 7.50. The third-order valence-electron chi connectivity index (χ3n) is 5.43. The second kappa shape index (κ2) is 7.50. The van der Waals surface area contributed by atoms with E-state index in [1.54, 1.807) is 30.5 Å². The summed E-state index contributed by atoms with van der Waals surface area (Å²) >= 11 is 0. The minimum Gasteiger partial charge on any atom is -0.464 e. The summed E-state index contributed by atoms with van der Waals surface area (Å²) in [6, 6.07) is 11.2. The molecule has 1 aromatic heterocycles. The van der Waals surface area contributed by atoms with Gasteiger partial charge in [-0.2, -0.15) is 0 Å². The molecule has 1 aliphatic heterocycles. The first kappa shape index (κ1) is 18.3. The highest BCUT2D eigenvalue weighted by Crippen LogP contribution is 2.25. The van der Waals surface area contributed by atoms with E-state index < -0.39 is 0 Å². The number of carbonyl (C=O) groups is 2. The molecule has 5 nitrogen and oxygen atoms in total. The number of nitrogens with one attached hydrogen (secondary N) is 1. The van der Waals surface area contributed by atoms with Crippen LogP contribution in [0.15, 0.2) is 47.1 Å². The fourth-order valence-electron chi connectivity index (χ4n) is 3.65. The maximum Gasteiger partial charge on any atom is 0.253 e. The van der Waals surface area contributed by atoms with E-state index in [0.29, 0.717) is 11.3 Å². The van der Waals surface area contributed by atoms with Crippen LogP contribution in [0.5, 0.6) is 0 Å². The molecule has 0 unspecified atom stereocenters. The van der Waals surface area contributed by atoms with Gasteiger partial charge >= 0.3 is 0 Å². The molecule has 1 aliphatic rings. The van der Waals surface area contributed by atoms with E-state index in [9.17, 15) is 9.59 Å². The smallest absolute Gasteiger partial charge is 0.253 e. The van der Waals surface area contributed by atoms with Gasteiger partial charge in [-0.3, -0.25) is 9.59 Å². The number of amides is 2. The van der Waals surface area contributed by atoms with E-state index >= 15 is 0 Å². The Kier molecular flexibility index (Phi) is 4.90. The lowest BCUT2D eigenvalue weighted by molar-refractivity contribution is -0.115. The number of carbonyl (C=O) groups excluding carboxylic acids is 2. The normalized spacial score (nSPS) is 13.9. The van der Waals surface area contributed by atoms with Gasteiger partial charge in [-0.05, 0) is 74.2 Å². The minimum atomic E-state index is -0.112. The van der Waals surface area contributed by atoms with Crippen LogP contribution in [0.3, 0.4) is 0 Å². The molecule has 4 rings (SSSR count). The van der Waals surface area contributed by atoms with Crippen LogP contribution in [-0.2, 0) is 11.2 Å². The SMILES string of the molecule is Cc1cc2occ(CC(=O)Nc3ccc(C(=O)N4CCCC4)cc3)c2cc1C. The van der Waals surface area contributed by atoms with Crippen molar-refractivity contribution >= 4 is 28.5 Å². The van der Waals surface area contributed by atoms with Gasteiger partial charge in [-0.25, -0.2) is 0 Å². The molecule has 0 radical (unpaired) electrons. The molecule has 3 aromatic rings. The van der Waals surface area contributed by atoms with Gasteiger partial charge in [0.05, 0.1) is 12.7 Å². The van der Waals surface area contributed by atoms with Crippen LogP contribution in [0.25, 0.3) is 11.0 Å². The molecule has 0 spiro atoms. The highest BCUT2D eigenvalue weighted by Gasteiger charge is 2.19. The van der Waals surface area contributed by atoms with E-state index in [1.165, 1.54) is 11.1 Å². The number of nitrogens with zero attached hydrogens (tertiary/aromatic N) is 1. The van der Waals surface area contributed by atoms with E-state index in [-0.39, 0.29) is 18.2 Å². The third kappa shape index (κ3) is 3.65.